The number of carbonyl (C=O) groups is 2. The second kappa shape index (κ2) is 12.8. The van der Waals surface area contributed by atoms with Crippen molar-refractivity contribution in [2.24, 2.45) is 11.8 Å². The number of aryl methyl sites for hydroxylation is 2. The van der Waals surface area contributed by atoms with E-state index < -0.39 is 12.1 Å². The fourth-order valence-corrected chi connectivity index (χ4v) is 5.86. The molecule has 1 aromatic rings. The summed E-state index contributed by atoms with van der Waals surface area (Å²) in [4.78, 5) is 25.5. The summed E-state index contributed by atoms with van der Waals surface area (Å²) >= 11 is 5.24. The highest BCUT2D eigenvalue weighted by atomic mass is 79.9. The number of aliphatic carboxylic acids is 1. The van der Waals surface area contributed by atoms with Crippen molar-refractivity contribution in [3.8, 4) is 0 Å². The van der Waals surface area contributed by atoms with Crippen molar-refractivity contribution in [2.45, 2.75) is 83.6 Å². The molecule has 3 atom stereocenters. The molecular formula is C23H32BBrO4S. The number of hydrogen-bond donors (Lipinski definition) is 2. The average Bonchev–Trinajstić information content (AvgIpc) is 3.19. The maximum Gasteiger partial charge on any atom is 0.303 e. The van der Waals surface area contributed by atoms with E-state index in [1.165, 1.54) is 9.75 Å². The standard InChI is InChI=1S/C23H32BBrO4S/c1-15-21(25)13-18(30-15)10-8-17(26)9-11-19-16(14-24)12-22(27)20(19)6-4-2-3-5-7-23(28)29/h11,13,16,20,22,27H,2-10,12,14H2,1H3,(H,28,29)/t16-,20+,22?/m0/s1. The molecule has 0 aromatic carbocycles. The first-order valence-corrected chi connectivity index (χ1v) is 12.5. The average molecular weight is 495 g/mol. The number of thiophene rings is 1. The predicted octanol–water partition coefficient (Wildman–Crippen LogP) is 5.65. The van der Waals surface area contributed by atoms with Crippen LogP contribution in [0.4, 0.5) is 0 Å². The maximum atomic E-state index is 12.4. The van der Waals surface area contributed by atoms with Gasteiger partial charge in [0.15, 0.2) is 0 Å². The molecule has 1 aliphatic carbocycles. The van der Waals surface area contributed by atoms with Crippen molar-refractivity contribution in [1.82, 2.24) is 0 Å². The van der Waals surface area contributed by atoms with Crippen LogP contribution in [-0.2, 0) is 16.0 Å². The van der Waals surface area contributed by atoms with E-state index in [4.69, 9.17) is 13.0 Å². The molecule has 1 saturated carbocycles. The van der Waals surface area contributed by atoms with Crippen LogP contribution in [0.1, 0.15) is 67.5 Å². The lowest BCUT2D eigenvalue weighted by molar-refractivity contribution is -0.137. The van der Waals surface area contributed by atoms with Crippen molar-refractivity contribution < 1.29 is 19.8 Å². The number of carboxylic acids is 1. The van der Waals surface area contributed by atoms with Gasteiger partial charge in [0.25, 0.3) is 0 Å². The van der Waals surface area contributed by atoms with Gasteiger partial charge in [-0.1, -0.05) is 37.2 Å². The number of aliphatic hydroxyl groups excluding tert-OH is 1. The van der Waals surface area contributed by atoms with Crippen LogP contribution in [0.15, 0.2) is 22.2 Å². The molecule has 2 rings (SSSR count). The van der Waals surface area contributed by atoms with E-state index >= 15 is 0 Å². The highest BCUT2D eigenvalue weighted by Gasteiger charge is 2.35. The summed E-state index contributed by atoms with van der Waals surface area (Å²) in [6.45, 7) is 2.06. The summed E-state index contributed by atoms with van der Waals surface area (Å²) in [5.74, 6) is -0.305. The number of halogens is 1. The number of carboxylic acid groups (broad SMARTS) is 1. The number of unbranched alkanes of at least 4 members (excludes halogenated alkanes) is 3. The lowest BCUT2D eigenvalue weighted by Gasteiger charge is -2.18. The number of carbonyl (C=O) groups excluding carboxylic acids is 1. The summed E-state index contributed by atoms with van der Waals surface area (Å²) in [5.41, 5.74) is 1.15. The SMILES string of the molecule is [B]C[C@@H]1CC(O)[C@H](CCCCCCC(=O)O)C1=CCC(=O)CCc1cc(Br)c(C)s1. The first-order chi connectivity index (χ1) is 14.3. The van der Waals surface area contributed by atoms with E-state index in [0.29, 0.717) is 32.0 Å². The van der Waals surface area contributed by atoms with Gasteiger partial charge >= 0.3 is 5.97 Å². The molecule has 0 saturated heterocycles. The zero-order valence-electron chi connectivity index (χ0n) is 17.7. The van der Waals surface area contributed by atoms with Gasteiger partial charge in [-0.15, -0.1) is 11.3 Å². The van der Waals surface area contributed by atoms with Crippen LogP contribution in [0.5, 0.6) is 0 Å². The van der Waals surface area contributed by atoms with Gasteiger partial charge in [0.2, 0.25) is 0 Å². The van der Waals surface area contributed by atoms with Gasteiger partial charge in [-0.05, 0) is 60.5 Å². The third kappa shape index (κ3) is 7.97. The van der Waals surface area contributed by atoms with Crippen molar-refractivity contribution in [1.29, 1.82) is 0 Å². The Kier molecular flexibility index (Phi) is 10.8. The molecule has 30 heavy (non-hydrogen) atoms. The van der Waals surface area contributed by atoms with E-state index in [-0.39, 0.29) is 24.0 Å². The number of allylic oxidation sites excluding steroid dienone is 1. The predicted molar refractivity (Wildman–Crippen MR) is 126 cm³/mol. The van der Waals surface area contributed by atoms with Gasteiger partial charge in [-0.25, -0.2) is 0 Å². The zero-order valence-corrected chi connectivity index (χ0v) is 20.1. The molecule has 0 spiro atoms. The van der Waals surface area contributed by atoms with Gasteiger partial charge in [0, 0.05) is 39.4 Å². The fourth-order valence-electron chi connectivity index (χ4n) is 4.26. The van der Waals surface area contributed by atoms with Crippen LogP contribution >= 0.6 is 27.3 Å². The quantitative estimate of drug-likeness (QED) is 0.211. The normalized spacial score (nSPS) is 22.6. The minimum Gasteiger partial charge on any atom is -0.481 e. The second-order valence-corrected chi connectivity index (χ2v) is 10.4. The molecule has 0 amide bonds. The van der Waals surface area contributed by atoms with Crippen LogP contribution in [0.25, 0.3) is 0 Å². The Morgan fingerprint density at radius 3 is 2.63 bits per heavy atom. The van der Waals surface area contributed by atoms with Crippen molar-refractivity contribution in [3.05, 3.63) is 31.9 Å². The molecule has 1 aliphatic rings. The Hall–Kier alpha value is -0.915. The number of aliphatic hydroxyl groups is 1. The highest BCUT2D eigenvalue weighted by Crippen LogP contribution is 2.41. The van der Waals surface area contributed by atoms with Gasteiger partial charge in [0.05, 0.1) is 14.0 Å². The Labute approximate surface area is 193 Å². The third-order valence-electron chi connectivity index (χ3n) is 5.95. The van der Waals surface area contributed by atoms with Crippen LogP contribution in [0, 0.1) is 18.8 Å². The molecule has 7 heteroatoms. The van der Waals surface area contributed by atoms with Gasteiger partial charge in [-0.3, -0.25) is 9.59 Å². The highest BCUT2D eigenvalue weighted by molar-refractivity contribution is 9.10. The molecule has 1 unspecified atom stereocenters. The van der Waals surface area contributed by atoms with E-state index in [1.54, 1.807) is 11.3 Å². The Balaban J connectivity index is 1.84. The number of ketones is 1. The van der Waals surface area contributed by atoms with E-state index in [2.05, 4.69) is 28.9 Å². The monoisotopic (exact) mass is 494 g/mol. The lowest BCUT2D eigenvalue weighted by Crippen LogP contribution is -2.14. The fraction of sp³-hybridized carbons (Fsp3) is 0.652. The summed E-state index contributed by atoms with van der Waals surface area (Å²) in [6, 6.07) is 2.09. The molecule has 2 radical (unpaired) electrons. The largest absolute Gasteiger partial charge is 0.481 e. The van der Waals surface area contributed by atoms with E-state index in [0.717, 1.165) is 42.1 Å². The number of Topliss-reactive ketones (excluding diaryl/α,β-unsaturated/α-hetero) is 1. The van der Waals surface area contributed by atoms with Gasteiger partial charge in [0.1, 0.15) is 5.78 Å². The van der Waals surface area contributed by atoms with Crippen LogP contribution in [0.3, 0.4) is 0 Å². The smallest absolute Gasteiger partial charge is 0.303 e. The lowest BCUT2D eigenvalue weighted by atomic mass is 9.83. The Morgan fingerprint density at radius 1 is 1.27 bits per heavy atom. The molecule has 0 bridgehead atoms. The molecule has 0 aliphatic heterocycles. The number of rotatable bonds is 13. The van der Waals surface area contributed by atoms with Gasteiger partial charge in [-0.2, -0.15) is 0 Å². The van der Waals surface area contributed by atoms with E-state index in [1.807, 2.05) is 6.08 Å². The molecule has 164 valence electrons. The summed E-state index contributed by atoms with van der Waals surface area (Å²) < 4.78 is 1.11. The molecular weight excluding hydrogens is 463 g/mol. The van der Waals surface area contributed by atoms with E-state index in [9.17, 15) is 14.7 Å². The van der Waals surface area contributed by atoms with Crippen LogP contribution < -0.4 is 0 Å². The third-order valence-corrected chi connectivity index (χ3v) is 8.15. The molecule has 1 fully saturated rings. The van der Waals surface area contributed by atoms with Gasteiger partial charge < -0.3 is 10.2 Å². The molecule has 1 heterocycles. The molecule has 1 aromatic heterocycles. The number of hydrogen-bond acceptors (Lipinski definition) is 4. The zero-order chi connectivity index (χ0) is 22.1. The molecule has 2 N–H and O–H groups in total. The minimum atomic E-state index is -0.747. The maximum absolute atomic E-state index is 12.4. The van der Waals surface area contributed by atoms with Crippen LogP contribution in [0.2, 0.25) is 6.32 Å². The topological polar surface area (TPSA) is 74.6 Å². The first-order valence-electron chi connectivity index (χ1n) is 10.9. The summed E-state index contributed by atoms with van der Waals surface area (Å²) in [6.07, 6.45) is 9.09. The second-order valence-electron chi connectivity index (χ2n) is 8.25. The first kappa shape index (κ1) is 25.3. The van der Waals surface area contributed by atoms with Crippen molar-refractivity contribution in [2.75, 3.05) is 0 Å². The van der Waals surface area contributed by atoms with Crippen molar-refractivity contribution in [3.63, 3.8) is 0 Å². The molecule has 4 nitrogen and oxygen atoms in total. The summed E-state index contributed by atoms with van der Waals surface area (Å²) in [7, 11) is 5.93. The Morgan fingerprint density at radius 2 is 2.00 bits per heavy atom. The summed E-state index contributed by atoms with van der Waals surface area (Å²) in [5, 5.41) is 19.2. The minimum absolute atomic E-state index is 0.0710. The van der Waals surface area contributed by atoms with Crippen LogP contribution in [-0.4, -0.2) is 35.9 Å². The Bertz CT molecular complexity index is 726. The van der Waals surface area contributed by atoms with Crippen molar-refractivity contribution >= 4 is 46.9 Å².